The van der Waals surface area contributed by atoms with Crippen molar-refractivity contribution in [1.82, 2.24) is 14.9 Å². The molecule has 0 radical (unpaired) electrons. The minimum Gasteiger partial charge on any atom is -0.373 e. The Bertz CT molecular complexity index is 1300. The van der Waals surface area contributed by atoms with Gasteiger partial charge >= 0.3 is 6.18 Å². The molecule has 0 saturated heterocycles. The summed E-state index contributed by atoms with van der Waals surface area (Å²) in [6.45, 7) is -0.194. The van der Waals surface area contributed by atoms with Crippen molar-refractivity contribution in [2.45, 2.75) is 18.8 Å². The van der Waals surface area contributed by atoms with Gasteiger partial charge in [0.25, 0.3) is 11.5 Å². The molecule has 0 bridgehead atoms. The first-order chi connectivity index (χ1) is 15.0. The second-order valence-corrected chi connectivity index (χ2v) is 7.16. The number of ether oxygens (including phenoxy) is 1. The summed E-state index contributed by atoms with van der Waals surface area (Å²) in [7, 11) is 1.28. The van der Waals surface area contributed by atoms with Crippen LogP contribution >= 0.6 is 0 Å². The van der Waals surface area contributed by atoms with E-state index >= 15 is 0 Å². The first-order valence-electron chi connectivity index (χ1n) is 9.10. The number of aromatic nitrogens is 2. The summed E-state index contributed by atoms with van der Waals surface area (Å²) in [6.07, 6.45) is -4.44. The van der Waals surface area contributed by atoms with Gasteiger partial charge in [0.15, 0.2) is 23.1 Å². The number of halogens is 6. The van der Waals surface area contributed by atoms with Gasteiger partial charge in [0.2, 0.25) is 0 Å². The number of amides is 1. The fourth-order valence-electron chi connectivity index (χ4n) is 3.66. The van der Waals surface area contributed by atoms with Gasteiger partial charge < -0.3 is 14.6 Å². The van der Waals surface area contributed by atoms with Gasteiger partial charge in [-0.25, -0.2) is 18.2 Å². The van der Waals surface area contributed by atoms with Gasteiger partial charge in [-0.05, 0) is 23.6 Å². The summed E-state index contributed by atoms with van der Waals surface area (Å²) < 4.78 is 85.1. The van der Waals surface area contributed by atoms with Crippen LogP contribution in [0.15, 0.2) is 29.2 Å². The zero-order valence-corrected chi connectivity index (χ0v) is 16.2. The van der Waals surface area contributed by atoms with Crippen LogP contribution in [0.2, 0.25) is 0 Å². The summed E-state index contributed by atoms with van der Waals surface area (Å²) in [5.41, 5.74) is -2.41. The number of nitrogens with one attached hydrogen (secondary N) is 1. The monoisotopic (exact) mass is 457 g/mol. The van der Waals surface area contributed by atoms with Crippen molar-refractivity contribution in [3.05, 3.63) is 74.7 Å². The summed E-state index contributed by atoms with van der Waals surface area (Å²) in [5, 5.41) is -0.107. The van der Waals surface area contributed by atoms with Gasteiger partial charge in [-0.2, -0.15) is 13.2 Å². The molecule has 1 amide bonds. The lowest BCUT2D eigenvalue weighted by molar-refractivity contribution is -0.143. The van der Waals surface area contributed by atoms with Crippen LogP contribution < -0.4 is 5.56 Å². The first kappa shape index (κ1) is 21.8. The predicted molar refractivity (Wildman–Crippen MR) is 98.2 cm³/mol. The molecular weight excluding hydrogens is 444 g/mol. The molecule has 3 heterocycles. The lowest BCUT2D eigenvalue weighted by atomic mass is 9.95. The number of hydrogen-bond acceptors (Lipinski definition) is 4. The molecule has 0 spiro atoms. The molecule has 12 heteroatoms. The zero-order chi connectivity index (χ0) is 23.4. The van der Waals surface area contributed by atoms with Crippen molar-refractivity contribution in [2.75, 3.05) is 13.7 Å². The second-order valence-electron chi connectivity index (χ2n) is 7.16. The maximum absolute atomic E-state index is 13.9. The van der Waals surface area contributed by atoms with E-state index in [9.17, 15) is 35.9 Å². The topological polar surface area (TPSA) is 75.3 Å². The number of alkyl halides is 3. The van der Waals surface area contributed by atoms with Crippen molar-refractivity contribution in [3.8, 4) is 0 Å². The van der Waals surface area contributed by atoms with Crippen LogP contribution in [-0.4, -0.2) is 34.4 Å². The van der Waals surface area contributed by atoms with Crippen molar-refractivity contribution in [2.24, 2.45) is 0 Å². The van der Waals surface area contributed by atoms with E-state index in [-0.39, 0.29) is 35.2 Å². The fraction of sp³-hybridized carbons (Fsp3) is 0.250. The molecule has 1 aliphatic heterocycles. The van der Waals surface area contributed by atoms with Gasteiger partial charge in [0.1, 0.15) is 0 Å². The number of carbonyl (C=O) groups excluding carboxylic acids is 1. The molecule has 0 aliphatic carbocycles. The molecule has 0 fully saturated rings. The molecule has 1 aromatic carbocycles. The third kappa shape index (κ3) is 3.60. The van der Waals surface area contributed by atoms with Crippen LogP contribution in [0.25, 0.3) is 10.8 Å². The van der Waals surface area contributed by atoms with Gasteiger partial charge in [-0.3, -0.25) is 9.59 Å². The quantitative estimate of drug-likeness (QED) is 0.596. The van der Waals surface area contributed by atoms with Crippen LogP contribution in [0.1, 0.15) is 33.4 Å². The van der Waals surface area contributed by atoms with Gasteiger partial charge in [0.05, 0.1) is 30.2 Å². The Kier molecular flexibility index (Phi) is 5.19. The highest BCUT2D eigenvalue weighted by Crippen LogP contribution is 2.35. The molecule has 0 saturated carbocycles. The van der Waals surface area contributed by atoms with Crippen LogP contribution in [0, 0.1) is 17.5 Å². The number of carbonyl (C=O) groups is 1. The smallest absolute Gasteiger partial charge is 0.373 e. The summed E-state index contributed by atoms with van der Waals surface area (Å²) >= 11 is 0. The van der Waals surface area contributed by atoms with Gasteiger partial charge in [0, 0.05) is 24.5 Å². The summed E-state index contributed by atoms with van der Waals surface area (Å²) in [4.78, 5) is 31.7. The van der Waals surface area contributed by atoms with Crippen molar-refractivity contribution in [3.63, 3.8) is 0 Å². The van der Waals surface area contributed by atoms with Crippen molar-refractivity contribution in [1.29, 1.82) is 0 Å². The van der Waals surface area contributed by atoms with Gasteiger partial charge in [-0.15, -0.1) is 0 Å². The number of hydrogen-bond donors (Lipinski definition) is 1. The SMILES string of the molecule is CN(C(=O)c1cnc(C(F)(F)F)c(F)c1)[C@H]1COCc2[nH]c(=O)c3cc(F)c(F)cc3c21. The van der Waals surface area contributed by atoms with E-state index in [0.29, 0.717) is 12.3 Å². The molecule has 3 aromatic rings. The highest BCUT2D eigenvalue weighted by atomic mass is 19.4. The standard InChI is InChI=1S/C20H13F6N3O3/c1-29(19(31)8-2-13(23)17(27-5-8)20(24,25)26)15-7-32-6-14-16(15)9-3-11(21)12(22)4-10(9)18(30)28-14/h2-5,15H,6-7H2,1H3,(H,28,30)/t15-/m0/s1. The van der Waals surface area contributed by atoms with E-state index in [1.165, 1.54) is 7.05 Å². The predicted octanol–water partition coefficient (Wildman–Crippen LogP) is 3.70. The maximum atomic E-state index is 13.9. The molecule has 1 atom stereocenters. The van der Waals surface area contributed by atoms with Crippen molar-refractivity contribution >= 4 is 16.7 Å². The highest BCUT2D eigenvalue weighted by molar-refractivity contribution is 5.95. The van der Waals surface area contributed by atoms with Crippen LogP contribution in [-0.2, 0) is 17.5 Å². The highest BCUT2D eigenvalue weighted by Gasteiger charge is 2.37. The molecule has 1 aliphatic rings. The number of rotatable bonds is 2. The van der Waals surface area contributed by atoms with Crippen LogP contribution in [0.3, 0.4) is 0 Å². The number of nitrogens with zero attached hydrogens (tertiary/aromatic N) is 2. The average Bonchev–Trinajstić information content (AvgIpc) is 2.72. The lowest BCUT2D eigenvalue weighted by Gasteiger charge is -2.33. The number of benzene rings is 1. The molecule has 0 unspecified atom stereocenters. The van der Waals surface area contributed by atoms with E-state index in [4.69, 9.17) is 4.74 Å². The second kappa shape index (κ2) is 7.62. The Hall–Kier alpha value is -3.41. The fourth-order valence-corrected chi connectivity index (χ4v) is 3.66. The Labute approximate surface area is 175 Å². The number of H-pyrrole nitrogens is 1. The van der Waals surface area contributed by atoms with Crippen LogP contribution in [0.4, 0.5) is 26.3 Å². The number of aromatic amines is 1. The lowest BCUT2D eigenvalue weighted by Crippen LogP contribution is -2.37. The Balaban J connectivity index is 1.79. The Morgan fingerprint density at radius 3 is 2.41 bits per heavy atom. The number of likely N-dealkylation sites (N-methyl/N-ethyl adjacent to an activating group) is 1. The third-order valence-corrected chi connectivity index (χ3v) is 5.18. The molecule has 2 aromatic heterocycles. The molecule has 4 rings (SSSR count). The largest absolute Gasteiger partial charge is 0.436 e. The first-order valence-corrected chi connectivity index (χ1v) is 9.10. The molecule has 32 heavy (non-hydrogen) atoms. The zero-order valence-electron chi connectivity index (χ0n) is 16.2. The van der Waals surface area contributed by atoms with E-state index in [1.807, 2.05) is 0 Å². The molecule has 6 nitrogen and oxygen atoms in total. The maximum Gasteiger partial charge on any atom is 0.436 e. The Morgan fingerprint density at radius 1 is 1.12 bits per heavy atom. The van der Waals surface area contributed by atoms with E-state index in [1.54, 1.807) is 0 Å². The number of fused-ring (bicyclic) bond motifs is 3. The molecule has 168 valence electrons. The number of pyridine rings is 2. The van der Waals surface area contributed by atoms with Crippen LogP contribution in [0.5, 0.6) is 0 Å². The minimum atomic E-state index is -5.03. The minimum absolute atomic E-state index is 0.0484. The normalized spacial score (nSPS) is 16.2. The summed E-state index contributed by atoms with van der Waals surface area (Å²) in [5.74, 6) is -5.06. The summed E-state index contributed by atoms with van der Waals surface area (Å²) in [6, 6.07) is 1.03. The van der Waals surface area contributed by atoms with E-state index in [2.05, 4.69) is 9.97 Å². The molecular formula is C20H13F6N3O3. The van der Waals surface area contributed by atoms with Gasteiger partial charge in [-0.1, -0.05) is 0 Å². The average molecular weight is 457 g/mol. The van der Waals surface area contributed by atoms with E-state index in [0.717, 1.165) is 17.0 Å². The third-order valence-electron chi connectivity index (χ3n) is 5.18. The van der Waals surface area contributed by atoms with Crippen molar-refractivity contribution < 1.29 is 35.9 Å². The molecule has 1 N–H and O–H groups in total. The Morgan fingerprint density at radius 2 is 1.78 bits per heavy atom. The van der Waals surface area contributed by atoms with E-state index < -0.39 is 52.4 Å².